The molecule has 0 bridgehead atoms. The second-order valence-corrected chi connectivity index (χ2v) is 6.34. The molecule has 0 saturated heterocycles. The molecule has 1 aromatic heterocycles. The summed E-state index contributed by atoms with van der Waals surface area (Å²) in [5, 5.41) is 3.39. The molecule has 1 N–H and O–H groups in total. The molecular weight excluding hydrogens is 326 g/mol. The molecule has 1 heterocycles. The third-order valence-corrected chi connectivity index (χ3v) is 3.93. The minimum atomic E-state index is 0.554. The molecule has 0 saturated carbocycles. The molecule has 112 valence electrons. The summed E-state index contributed by atoms with van der Waals surface area (Å²) in [6, 6.07) is 10.1. The second-order valence-electron chi connectivity index (χ2n) is 5.55. The molecule has 0 aliphatic carbocycles. The van der Waals surface area contributed by atoms with Gasteiger partial charge >= 0.3 is 0 Å². The quantitative estimate of drug-likeness (QED) is 0.805. The average Bonchev–Trinajstić information content (AvgIpc) is 2.48. The largest absolute Gasteiger partial charge is 0.369 e. The van der Waals surface area contributed by atoms with Crippen LogP contribution in [0.4, 0.5) is 5.82 Å². The van der Waals surface area contributed by atoms with Crippen molar-refractivity contribution in [2.75, 3.05) is 11.9 Å². The Morgan fingerprint density at radius 3 is 2.48 bits per heavy atom. The van der Waals surface area contributed by atoms with Gasteiger partial charge in [0.2, 0.25) is 0 Å². The Kier molecular flexibility index (Phi) is 5.74. The van der Waals surface area contributed by atoms with Gasteiger partial charge in [0.15, 0.2) is 5.82 Å². The molecule has 21 heavy (non-hydrogen) atoms. The van der Waals surface area contributed by atoms with Crippen molar-refractivity contribution in [1.82, 2.24) is 9.97 Å². The smallest absolute Gasteiger partial charge is 0.161 e. The van der Waals surface area contributed by atoms with Gasteiger partial charge in [-0.3, -0.25) is 0 Å². The molecule has 0 unspecified atom stereocenters. The lowest BCUT2D eigenvalue weighted by Gasteiger charge is -2.14. The van der Waals surface area contributed by atoms with Gasteiger partial charge in [-0.05, 0) is 34.7 Å². The van der Waals surface area contributed by atoms with Crippen molar-refractivity contribution >= 4 is 21.7 Å². The van der Waals surface area contributed by atoms with Crippen LogP contribution in [-0.4, -0.2) is 16.5 Å². The molecule has 4 heteroatoms. The maximum Gasteiger partial charge on any atom is 0.161 e. The summed E-state index contributed by atoms with van der Waals surface area (Å²) >= 11 is 3.66. The van der Waals surface area contributed by atoms with Crippen molar-refractivity contribution in [2.24, 2.45) is 5.92 Å². The number of aromatic nitrogens is 2. The fourth-order valence-corrected chi connectivity index (χ4v) is 2.57. The lowest BCUT2D eigenvalue weighted by molar-refractivity contribution is 0.632. The minimum Gasteiger partial charge on any atom is -0.369 e. The molecule has 0 aliphatic heterocycles. The van der Waals surface area contributed by atoms with Gasteiger partial charge in [-0.1, -0.05) is 51.1 Å². The molecule has 0 spiro atoms. The third kappa shape index (κ3) is 4.27. The van der Waals surface area contributed by atoms with E-state index >= 15 is 0 Å². The minimum absolute atomic E-state index is 0.554. The third-order valence-electron chi connectivity index (χ3n) is 3.10. The van der Waals surface area contributed by atoms with E-state index in [1.165, 1.54) is 0 Å². The summed E-state index contributed by atoms with van der Waals surface area (Å²) in [6.07, 6.45) is 2.00. The molecule has 2 aromatic rings. The monoisotopic (exact) mass is 347 g/mol. The summed E-state index contributed by atoms with van der Waals surface area (Å²) in [6.45, 7) is 7.46. The van der Waals surface area contributed by atoms with E-state index in [0.29, 0.717) is 5.92 Å². The van der Waals surface area contributed by atoms with Gasteiger partial charge in [0.05, 0.1) is 10.2 Å². The van der Waals surface area contributed by atoms with Crippen LogP contribution in [0.25, 0.3) is 11.4 Å². The van der Waals surface area contributed by atoms with E-state index in [1.54, 1.807) is 0 Å². The summed E-state index contributed by atoms with van der Waals surface area (Å²) in [4.78, 5) is 9.43. The highest BCUT2D eigenvalue weighted by molar-refractivity contribution is 9.10. The van der Waals surface area contributed by atoms with Crippen molar-refractivity contribution < 1.29 is 0 Å². The second kappa shape index (κ2) is 7.55. The number of nitrogens with zero attached hydrogens (tertiary/aromatic N) is 2. The van der Waals surface area contributed by atoms with Crippen LogP contribution in [0.15, 0.2) is 34.8 Å². The van der Waals surface area contributed by atoms with Gasteiger partial charge in [0.25, 0.3) is 0 Å². The highest BCUT2D eigenvalue weighted by Gasteiger charge is 2.14. The first-order valence-corrected chi connectivity index (χ1v) is 8.26. The summed E-state index contributed by atoms with van der Waals surface area (Å²) in [5.74, 6) is 2.23. The Bertz CT molecular complexity index is 582. The molecule has 0 aliphatic rings. The Balaban J connectivity index is 2.45. The molecule has 3 nitrogen and oxygen atoms in total. The van der Waals surface area contributed by atoms with Crippen LogP contribution in [0.2, 0.25) is 0 Å². The zero-order valence-electron chi connectivity index (χ0n) is 12.9. The van der Waals surface area contributed by atoms with E-state index < -0.39 is 0 Å². The van der Waals surface area contributed by atoms with Gasteiger partial charge < -0.3 is 5.32 Å². The maximum absolute atomic E-state index is 4.75. The van der Waals surface area contributed by atoms with Crippen molar-refractivity contribution in [3.05, 3.63) is 40.5 Å². The topological polar surface area (TPSA) is 37.8 Å². The van der Waals surface area contributed by atoms with Gasteiger partial charge in [0.1, 0.15) is 5.82 Å². The van der Waals surface area contributed by atoms with Crippen LogP contribution in [-0.2, 0) is 6.42 Å². The lowest BCUT2D eigenvalue weighted by atomic mass is 10.1. The SMILES string of the molecule is CCCNc1nc(-c2ccccc2)nc(CC(C)C)c1Br. The summed E-state index contributed by atoms with van der Waals surface area (Å²) in [7, 11) is 0. The van der Waals surface area contributed by atoms with Crippen LogP contribution in [0.3, 0.4) is 0 Å². The van der Waals surface area contributed by atoms with Crippen molar-refractivity contribution in [3.63, 3.8) is 0 Å². The van der Waals surface area contributed by atoms with Crippen LogP contribution in [0, 0.1) is 5.92 Å². The Hall–Kier alpha value is -1.42. The normalized spacial score (nSPS) is 10.9. The molecule has 1 aromatic carbocycles. The predicted octanol–water partition coefficient (Wildman–Crippen LogP) is 4.93. The van der Waals surface area contributed by atoms with Gasteiger partial charge in [-0.2, -0.15) is 0 Å². The molecule has 0 atom stereocenters. The van der Waals surface area contributed by atoms with E-state index in [0.717, 1.165) is 46.8 Å². The first-order chi connectivity index (χ1) is 10.1. The summed E-state index contributed by atoms with van der Waals surface area (Å²) < 4.78 is 0.990. The zero-order valence-corrected chi connectivity index (χ0v) is 14.4. The van der Waals surface area contributed by atoms with Crippen LogP contribution < -0.4 is 5.32 Å². The van der Waals surface area contributed by atoms with Crippen LogP contribution in [0.1, 0.15) is 32.9 Å². The first-order valence-electron chi connectivity index (χ1n) is 7.47. The van der Waals surface area contributed by atoms with Crippen molar-refractivity contribution in [2.45, 2.75) is 33.6 Å². The Labute approximate surface area is 135 Å². The fourth-order valence-electron chi connectivity index (χ4n) is 2.09. The van der Waals surface area contributed by atoms with E-state index in [1.807, 2.05) is 30.3 Å². The zero-order chi connectivity index (χ0) is 15.2. The highest BCUT2D eigenvalue weighted by Crippen LogP contribution is 2.28. The number of halogens is 1. The van der Waals surface area contributed by atoms with Gasteiger partial charge in [-0.25, -0.2) is 9.97 Å². The molecule has 0 fully saturated rings. The standard InChI is InChI=1S/C17H22BrN3/c1-4-10-19-17-15(18)14(11-12(2)3)20-16(21-17)13-8-6-5-7-9-13/h5-9,12H,4,10-11H2,1-3H3,(H,19,20,21). The maximum atomic E-state index is 4.75. The molecule has 0 amide bonds. The van der Waals surface area contributed by atoms with E-state index in [4.69, 9.17) is 4.98 Å². The average molecular weight is 348 g/mol. The van der Waals surface area contributed by atoms with E-state index in [-0.39, 0.29) is 0 Å². The molecular formula is C17H22BrN3. The van der Waals surface area contributed by atoms with Crippen LogP contribution >= 0.6 is 15.9 Å². The summed E-state index contributed by atoms with van der Waals surface area (Å²) in [5.41, 5.74) is 2.12. The number of hydrogen-bond donors (Lipinski definition) is 1. The van der Waals surface area contributed by atoms with Gasteiger partial charge in [-0.15, -0.1) is 0 Å². The number of nitrogens with one attached hydrogen (secondary N) is 1. The number of benzene rings is 1. The Morgan fingerprint density at radius 1 is 1.14 bits per heavy atom. The molecule has 0 radical (unpaired) electrons. The fraction of sp³-hybridized carbons (Fsp3) is 0.412. The number of rotatable bonds is 6. The number of hydrogen-bond acceptors (Lipinski definition) is 3. The van der Waals surface area contributed by atoms with Crippen molar-refractivity contribution in [3.8, 4) is 11.4 Å². The number of anilines is 1. The van der Waals surface area contributed by atoms with Gasteiger partial charge in [0, 0.05) is 12.1 Å². The van der Waals surface area contributed by atoms with E-state index in [2.05, 4.69) is 47.0 Å². The van der Waals surface area contributed by atoms with E-state index in [9.17, 15) is 0 Å². The highest BCUT2D eigenvalue weighted by atomic mass is 79.9. The lowest BCUT2D eigenvalue weighted by Crippen LogP contribution is -2.09. The first kappa shape index (κ1) is 16.0. The molecule has 2 rings (SSSR count). The Morgan fingerprint density at radius 2 is 1.86 bits per heavy atom. The predicted molar refractivity (Wildman–Crippen MR) is 92.5 cm³/mol. The van der Waals surface area contributed by atoms with Crippen LogP contribution in [0.5, 0.6) is 0 Å². The van der Waals surface area contributed by atoms with Crippen molar-refractivity contribution in [1.29, 1.82) is 0 Å².